The van der Waals surface area contributed by atoms with Crippen LogP contribution in [0.2, 0.25) is 0 Å². The summed E-state index contributed by atoms with van der Waals surface area (Å²) in [5.41, 5.74) is 1.97. The summed E-state index contributed by atoms with van der Waals surface area (Å²) in [6.07, 6.45) is 0. The summed E-state index contributed by atoms with van der Waals surface area (Å²) < 4.78 is 0. The fraction of sp³-hybridized carbons (Fsp3) is 0.125. The van der Waals surface area contributed by atoms with Gasteiger partial charge < -0.3 is 5.32 Å². The van der Waals surface area contributed by atoms with E-state index < -0.39 is 6.04 Å². The van der Waals surface area contributed by atoms with Crippen LogP contribution in [0.25, 0.3) is 0 Å². The molecule has 3 rings (SSSR count). The zero-order valence-electron chi connectivity index (χ0n) is 11.0. The van der Waals surface area contributed by atoms with E-state index in [0.29, 0.717) is 11.3 Å². The first-order chi connectivity index (χ1) is 9.68. The summed E-state index contributed by atoms with van der Waals surface area (Å²) >= 11 is 0. The third kappa shape index (κ3) is 1.95. The average molecular weight is 266 g/mol. The number of carbonyl (C=O) groups is 2. The number of para-hydroxylation sites is 2. The van der Waals surface area contributed by atoms with Gasteiger partial charge in [-0.1, -0.05) is 30.3 Å². The number of fused-ring (bicyclic) bond motifs is 1. The summed E-state index contributed by atoms with van der Waals surface area (Å²) in [6, 6.07) is 15.8. The van der Waals surface area contributed by atoms with E-state index in [2.05, 4.69) is 5.32 Å². The Labute approximate surface area is 117 Å². The molecule has 0 spiro atoms. The normalized spacial score (nSPS) is 17.4. The van der Waals surface area contributed by atoms with Gasteiger partial charge in [0.15, 0.2) is 0 Å². The lowest BCUT2D eigenvalue weighted by Crippen LogP contribution is -2.49. The molecule has 1 atom stereocenters. The third-order valence-corrected chi connectivity index (χ3v) is 3.43. The minimum atomic E-state index is -0.530. The number of benzene rings is 2. The topological polar surface area (TPSA) is 49.4 Å². The molecule has 2 amide bonds. The highest BCUT2D eigenvalue weighted by Crippen LogP contribution is 2.32. The first-order valence-electron chi connectivity index (χ1n) is 6.47. The van der Waals surface area contributed by atoms with Crippen LogP contribution in [0.15, 0.2) is 54.6 Å². The van der Waals surface area contributed by atoms with Crippen LogP contribution in [0.1, 0.15) is 17.3 Å². The Morgan fingerprint density at radius 3 is 2.45 bits per heavy atom. The Morgan fingerprint density at radius 2 is 1.70 bits per heavy atom. The van der Waals surface area contributed by atoms with E-state index in [1.54, 1.807) is 30.0 Å². The lowest BCUT2D eigenvalue weighted by atomic mass is 10.1. The predicted octanol–water partition coefficient (Wildman–Crippen LogP) is 2.67. The highest BCUT2D eigenvalue weighted by atomic mass is 16.2. The second kappa shape index (κ2) is 4.81. The summed E-state index contributed by atoms with van der Waals surface area (Å²) in [6.45, 7) is 1.73. The first kappa shape index (κ1) is 12.4. The van der Waals surface area contributed by atoms with Crippen LogP contribution in [0.3, 0.4) is 0 Å². The van der Waals surface area contributed by atoms with Crippen LogP contribution >= 0.6 is 0 Å². The van der Waals surface area contributed by atoms with Gasteiger partial charge in [0, 0.05) is 5.56 Å². The van der Waals surface area contributed by atoms with Gasteiger partial charge in [0.2, 0.25) is 5.91 Å². The van der Waals surface area contributed by atoms with E-state index in [0.717, 1.165) is 5.69 Å². The molecule has 0 bridgehead atoms. The number of anilines is 2. The van der Waals surface area contributed by atoms with Crippen molar-refractivity contribution >= 4 is 23.2 Å². The van der Waals surface area contributed by atoms with Crippen LogP contribution < -0.4 is 10.2 Å². The highest BCUT2D eigenvalue weighted by Gasteiger charge is 2.33. The molecule has 0 saturated carbocycles. The number of carbonyl (C=O) groups excluding carboxylic acids is 2. The molecule has 0 fully saturated rings. The molecule has 0 radical (unpaired) electrons. The van der Waals surface area contributed by atoms with Gasteiger partial charge in [0.1, 0.15) is 6.04 Å². The third-order valence-electron chi connectivity index (χ3n) is 3.43. The summed E-state index contributed by atoms with van der Waals surface area (Å²) in [5.74, 6) is -0.339. The Morgan fingerprint density at radius 1 is 1.05 bits per heavy atom. The van der Waals surface area contributed by atoms with Crippen LogP contribution in [-0.2, 0) is 4.79 Å². The molecular formula is C16H14N2O2. The second-order valence-corrected chi connectivity index (χ2v) is 4.72. The van der Waals surface area contributed by atoms with E-state index >= 15 is 0 Å². The quantitative estimate of drug-likeness (QED) is 0.862. The Hall–Kier alpha value is -2.62. The van der Waals surface area contributed by atoms with E-state index in [-0.39, 0.29) is 11.8 Å². The van der Waals surface area contributed by atoms with Crippen molar-refractivity contribution in [2.45, 2.75) is 13.0 Å². The fourth-order valence-corrected chi connectivity index (χ4v) is 2.36. The average Bonchev–Trinajstić information content (AvgIpc) is 2.49. The van der Waals surface area contributed by atoms with Gasteiger partial charge in [0.25, 0.3) is 5.91 Å². The molecule has 2 aromatic carbocycles. The maximum Gasteiger partial charge on any atom is 0.259 e. The number of nitrogens with one attached hydrogen (secondary N) is 1. The molecule has 4 nitrogen and oxygen atoms in total. The van der Waals surface area contributed by atoms with Crippen molar-refractivity contribution in [3.8, 4) is 0 Å². The van der Waals surface area contributed by atoms with Gasteiger partial charge in [-0.3, -0.25) is 14.5 Å². The van der Waals surface area contributed by atoms with Crippen LogP contribution in [0.5, 0.6) is 0 Å². The molecule has 0 aliphatic carbocycles. The molecule has 1 aliphatic rings. The lowest BCUT2D eigenvalue weighted by molar-refractivity contribution is -0.117. The largest absolute Gasteiger partial charge is 0.322 e. The first-order valence-corrected chi connectivity index (χ1v) is 6.47. The smallest absolute Gasteiger partial charge is 0.259 e. The van der Waals surface area contributed by atoms with E-state index in [4.69, 9.17) is 0 Å². The van der Waals surface area contributed by atoms with Gasteiger partial charge in [-0.15, -0.1) is 0 Å². The van der Waals surface area contributed by atoms with Crippen molar-refractivity contribution in [3.05, 3.63) is 60.2 Å². The van der Waals surface area contributed by atoms with Crippen molar-refractivity contribution in [3.63, 3.8) is 0 Å². The maximum absolute atomic E-state index is 12.7. The van der Waals surface area contributed by atoms with E-state index in [1.807, 2.05) is 36.4 Å². The number of rotatable bonds is 1. The maximum atomic E-state index is 12.7. The zero-order valence-corrected chi connectivity index (χ0v) is 11.0. The highest BCUT2D eigenvalue weighted by molar-refractivity contribution is 6.16. The van der Waals surface area contributed by atoms with Crippen molar-refractivity contribution in [1.82, 2.24) is 0 Å². The van der Waals surface area contributed by atoms with Gasteiger partial charge >= 0.3 is 0 Å². The molecule has 4 heteroatoms. The standard InChI is InChI=1S/C16H14N2O2/c1-11-15(19)17-13-9-5-6-10-14(13)18(11)16(20)12-7-3-2-4-8-12/h2-11H,1H3,(H,17,19)/t11-/m1/s1. The van der Waals surface area contributed by atoms with Crippen LogP contribution in [0.4, 0.5) is 11.4 Å². The zero-order chi connectivity index (χ0) is 14.1. The summed E-state index contributed by atoms with van der Waals surface area (Å²) in [5, 5.41) is 2.81. The van der Waals surface area contributed by atoms with Crippen molar-refractivity contribution < 1.29 is 9.59 Å². The Kier molecular flexibility index (Phi) is 2.99. The molecule has 2 aromatic rings. The molecule has 0 saturated heterocycles. The number of nitrogens with zero attached hydrogens (tertiary/aromatic N) is 1. The minimum absolute atomic E-state index is 0.166. The summed E-state index contributed by atoms with van der Waals surface area (Å²) in [4.78, 5) is 26.2. The van der Waals surface area contributed by atoms with Crippen molar-refractivity contribution in [2.75, 3.05) is 10.2 Å². The van der Waals surface area contributed by atoms with Gasteiger partial charge in [-0.25, -0.2) is 0 Å². The molecule has 1 heterocycles. The molecule has 1 N–H and O–H groups in total. The van der Waals surface area contributed by atoms with Crippen LogP contribution in [0, 0.1) is 0 Å². The second-order valence-electron chi connectivity index (χ2n) is 4.72. The molecule has 0 unspecified atom stereocenters. The van der Waals surface area contributed by atoms with Crippen LogP contribution in [-0.4, -0.2) is 17.9 Å². The molecule has 0 aromatic heterocycles. The predicted molar refractivity (Wildman–Crippen MR) is 77.8 cm³/mol. The number of hydrogen-bond acceptors (Lipinski definition) is 2. The van der Waals surface area contributed by atoms with E-state index in [1.165, 1.54) is 0 Å². The van der Waals surface area contributed by atoms with Gasteiger partial charge in [-0.05, 0) is 31.2 Å². The number of hydrogen-bond donors (Lipinski definition) is 1. The number of amides is 2. The molecular weight excluding hydrogens is 252 g/mol. The Balaban J connectivity index is 2.08. The van der Waals surface area contributed by atoms with Crippen molar-refractivity contribution in [2.24, 2.45) is 0 Å². The van der Waals surface area contributed by atoms with Crippen molar-refractivity contribution in [1.29, 1.82) is 0 Å². The Bertz CT molecular complexity index is 667. The molecule has 20 heavy (non-hydrogen) atoms. The van der Waals surface area contributed by atoms with E-state index in [9.17, 15) is 9.59 Å². The summed E-state index contributed by atoms with van der Waals surface area (Å²) in [7, 11) is 0. The lowest BCUT2D eigenvalue weighted by Gasteiger charge is -2.34. The fourth-order valence-electron chi connectivity index (χ4n) is 2.36. The monoisotopic (exact) mass is 266 g/mol. The molecule has 1 aliphatic heterocycles. The SMILES string of the molecule is C[C@@H]1C(=O)Nc2ccccc2N1C(=O)c1ccccc1. The minimum Gasteiger partial charge on any atom is -0.322 e. The van der Waals surface area contributed by atoms with Gasteiger partial charge in [-0.2, -0.15) is 0 Å². The van der Waals surface area contributed by atoms with Gasteiger partial charge in [0.05, 0.1) is 11.4 Å². The molecule has 100 valence electrons.